The van der Waals surface area contributed by atoms with Crippen LogP contribution in [-0.2, 0) is 4.79 Å². The van der Waals surface area contributed by atoms with Crippen LogP contribution in [0, 0.1) is 0 Å². The molecule has 1 amide bonds. The first-order valence-corrected chi connectivity index (χ1v) is 6.95. The van der Waals surface area contributed by atoms with E-state index in [1.165, 1.54) is 0 Å². The van der Waals surface area contributed by atoms with E-state index in [4.69, 9.17) is 5.73 Å². The number of carbonyl (C=O) groups excluding carboxylic acids is 1. The van der Waals surface area contributed by atoms with Crippen LogP contribution in [0.1, 0.15) is 13.3 Å². The zero-order chi connectivity index (χ0) is 14.0. The van der Waals surface area contributed by atoms with Gasteiger partial charge in [-0.05, 0) is 47.5 Å². The van der Waals surface area contributed by atoms with Crippen LogP contribution < -0.4 is 11.1 Å². The molecule has 1 atom stereocenters. The van der Waals surface area contributed by atoms with Gasteiger partial charge in [0.1, 0.15) is 0 Å². The molecule has 1 aliphatic rings. The number of likely N-dealkylation sites (tertiary alicyclic amines) is 1. The first-order chi connectivity index (χ1) is 8.85. The number of nitrogen functional groups attached to an aromatic ring is 1. The first kappa shape index (κ1) is 14.3. The third-order valence-electron chi connectivity index (χ3n) is 3.17. The van der Waals surface area contributed by atoms with Crippen molar-refractivity contribution in [1.29, 1.82) is 0 Å². The number of hydrogen-bond donors (Lipinski definition) is 3. The Labute approximate surface area is 120 Å². The molecule has 1 aliphatic heterocycles. The van der Waals surface area contributed by atoms with Crippen molar-refractivity contribution < 1.29 is 9.90 Å². The molecule has 0 aliphatic carbocycles. The van der Waals surface area contributed by atoms with E-state index in [2.05, 4.69) is 21.2 Å². The van der Waals surface area contributed by atoms with Gasteiger partial charge in [-0.3, -0.25) is 9.69 Å². The molecule has 104 valence electrons. The predicted octanol–water partition coefficient (Wildman–Crippen LogP) is 1.43. The number of nitrogens with zero attached hydrogens (tertiary/aromatic N) is 1. The van der Waals surface area contributed by atoms with E-state index >= 15 is 0 Å². The van der Waals surface area contributed by atoms with Gasteiger partial charge in [0, 0.05) is 23.2 Å². The fourth-order valence-electron chi connectivity index (χ4n) is 2.20. The standard InChI is InChI=1S/C13H18BrN3O2/c1-13(19)4-5-17(8-13)7-12(18)16-11-3-2-9(15)6-10(11)14/h2-3,6,19H,4-5,7-8,15H2,1H3,(H,16,18). The fraction of sp³-hybridized carbons (Fsp3) is 0.462. The number of carbonyl (C=O) groups is 1. The number of anilines is 2. The highest BCUT2D eigenvalue weighted by molar-refractivity contribution is 9.10. The molecule has 5 nitrogen and oxygen atoms in total. The normalized spacial score (nSPS) is 23.5. The van der Waals surface area contributed by atoms with Crippen LogP contribution in [0.3, 0.4) is 0 Å². The smallest absolute Gasteiger partial charge is 0.238 e. The van der Waals surface area contributed by atoms with E-state index in [0.29, 0.717) is 24.3 Å². The minimum Gasteiger partial charge on any atom is -0.399 e. The SMILES string of the molecule is CC1(O)CCN(CC(=O)Nc2ccc(N)cc2Br)C1. The van der Waals surface area contributed by atoms with Gasteiger partial charge in [-0.1, -0.05) is 0 Å². The van der Waals surface area contributed by atoms with Crippen molar-refractivity contribution in [1.82, 2.24) is 4.90 Å². The van der Waals surface area contributed by atoms with Gasteiger partial charge in [0.2, 0.25) is 5.91 Å². The monoisotopic (exact) mass is 327 g/mol. The molecule has 1 saturated heterocycles. The van der Waals surface area contributed by atoms with Crippen molar-refractivity contribution in [2.75, 3.05) is 30.7 Å². The second-order valence-electron chi connectivity index (χ2n) is 5.25. The largest absolute Gasteiger partial charge is 0.399 e. The van der Waals surface area contributed by atoms with Gasteiger partial charge in [-0.2, -0.15) is 0 Å². The van der Waals surface area contributed by atoms with Crippen LogP contribution in [0.15, 0.2) is 22.7 Å². The topological polar surface area (TPSA) is 78.6 Å². The Balaban J connectivity index is 1.91. The van der Waals surface area contributed by atoms with Crippen LogP contribution in [0.25, 0.3) is 0 Å². The van der Waals surface area contributed by atoms with Gasteiger partial charge in [-0.25, -0.2) is 0 Å². The summed E-state index contributed by atoms with van der Waals surface area (Å²) in [6.07, 6.45) is 0.700. The summed E-state index contributed by atoms with van der Waals surface area (Å²) in [5, 5.41) is 12.7. The van der Waals surface area contributed by atoms with Crippen LogP contribution >= 0.6 is 15.9 Å². The van der Waals surface area contributed by atoms with Crippen LogP contribution in [0.5, 0.6) is 0 Å². The maximum absolute atomic E-state index is 11.9. The van der Waals surface area contributed by atoms with Gasteiger partial charge >= 0.3 is 0 Å². The average Bonchev–Trinajstić information content (AvgIpc) is 2.62. The number of nitrogens with one attached hydrogen (secondary N) is 1. The van der Waals surface area contributed by atoms with Gasteiger partial charge in [0.25, 0.3) is 0 Å². The van der Waals surface area contributed by atoms with Gasteiger partial charge in [0.05, 0.1) is 17.8 Å². The zero-order valence-electron chi connectivity index (χ0n) is 10.8. The lowest BCUT2D eigenvalue weighted by Gasteiger charge is -2.18. The molecule has 1 fully saturated rings. The van der Waals surface area contributed by atoms with E-state index < -0.39 is 5.60 Å². The van der Waals surface area contributed by atoms with E-state index in [-0.39, 0.29) is 12.5 Å². The summed E-state index contributed by atoms with van der Waals surface area (Å²) in [4.78, 5) is 13.9. The molecular formula is C13H18BrN3O2. The van der Waals surface area contributed by atoms with Crippen LogP contribution in [-0.4, -0.2) is 41.1 Å². The Morgan fingerprint density at radius 2 is 2.37 bits per heavy atom. The highest BCUT2D eigenvalue weighted by Crippen LogP contribution is 2.25. The molecule has 1 heterocycles. The van der Waals surface area contributed by atoms with Crippen molar-refractivity contribution >= 4 is 33.2 Å². The van der Waals surface area contributed by atoms with Crippen molar-refractivity contribution in [3.63, 3.8) is 0 Å². The van der Waals surface area contributed by atoms with Crippen molar-refractivity contribution in [2.45, 2.75) is 18.9 Å². The molecule has 1 unspecified atom stereocenters. The number of benzene rings is 1. The minimum atomic E-state index is -0.679. The lowest BCUT2D eigenvalue weighted by Crippen LogP contribution is -2.35. The van der Waals surface area contributed by atoms with Crippen molar-refractivity contribution in [3.8, 4) is 0 Å². The molecule has 0 bridgehead atoms. The maximum atomic E-state index is 11.9. The number of hydrogen-bond acceptors (Lipinski definition) is 4. The Bertz CT molecular complexity index is 491. The Kier molecular flexibility index (Phi) is 4.13. The summed E-state index contributed by atoms with van der Waals surface area (Å²) < 4.78 is 0.759. The molecule has 4 N–H and O–H groups in total. The number of aliphatic hydroxyl groups is 1. The lowest BCUT2D eigenvalue weighted by atomic mass is 10.1. The number of nitrogens with two attached hydrogens (primary N) is 1. The third-order valence-corrected chi connectivity index (χ3v) is 3.82. The molecule has 0 saturated carbocycles. The number of rotatable bonds is 3. The summed E-state index contributed by atoms with van der Waals surface area (Å²) in [6, 6.07) is 5.24. The van der Waals surface area contributed by atoms with E-state index in [1.807, 2.05) is 4.90 Å². The third kappa shape index (κ3) is 3.92. The summed E-state index contributed by atoms with van der Waals surface area (Å²) in [5.41, 5.74) is 6.30. The number of amides is 1. The number of halogens is 1. The molecule has 1 aromatic carbocycles. The van der Waals surface area contributed by atoms with Crippen LogP contribution in [0.4, 0.5) is 11.4 Å². The van der Waals surface area contributed by atoms with E-state index in [0.717, 1.165) is 11.0 Å². The first-order valence-electron chi connectivity index (χ1n) is 6.15. The molecule has 6 heteroatoms. The average molecular weight is 328 g/mol. The molecule has 1 aromatic rings. The van der Waals surface area contributed by atoms with Crippen molar-refractivity contribution in [2.24, 2.45) is 0 Å². The highest BCUT2D eigenvalue weighted by Gasteiger charge is 2.32. The highest BCUT2D eigenvalue weighted by atomic mass is 79.9. The summed E-state index contributed by atoms with van der Waals surface area (Å²) in [7, 11) is 0. The Hall–Kier alpha value is -1.11. The van der Waals surface area contributed by atoms with E-state index in [9.17, 15) is 9.90 Å². The molecular weight excluding hydrogens is 310 g/mol. The Morgan fingerprint density at radius 1 is 1.63 bits per heavy atom. The summed E-state index contributed by atoms with van der Waals surface area (Å²) >= 11 is 3.36. The van der Waals surface area contributed by atoms with Crippen LogP contribution in [0.2, 0.25) is 0 Å². The Morgan fingerprint density at radius 3 is 2.95 bits per heavy atom. The summed E-state index contributed by atoms with van der Waals surface area (Å²) in [5.74, 6) is -0.0943. The minimum absolute atomic E-state index is 0.0943. The summed E-state index contributed by atoms with van der Waals surface area (Å²) in [6.45, 7) is 3.35. The van der Waals surface area contributed by atoms with Gasteiger partial charge in [0.15, 0.2) is 0 Å². The molecule has 0 aromatic heterocycles. The zero-order valence-corrected chi connectivity index (χ0v) is 12.4. The number of β-amino-alcohol motifs (C(OH)–C–C–N with tert-alkyl or cyclic N) is 1. The second kappa shape index (κ2) is 5.48. The quantitative estimate of drug-likeness (QED) is 0.734. The lowest BCUT2D eigenvalue weighted by molar-refractivity contribution is -0.117. The predicted molar refractivity (Wildman–Crippen MR) is 78.9 cm³/mol. The molecule has 0 spiro atoms. The molecule has 0 radical (unpaired) electrons. The molecule has 2 rings (SSSR count). The molecule has 19 heavy (non-hydrogen) atoms. The van der Waals surface area contributed by atoms with Crippen molar-refractivity contribution in [3.05, 3.63) is 22.7 Å². The fourth-order valence-corrected chi connectivity index (χ4v) is 2.69. The van der Waals surface area contributed by atoms with Gasteiger partial charge < -0.3 is 16.2 Å². The maximum Gasteiger partial charge on any atom is 0.238 e. The second-order valence-corrected chi connectivity index (χ2v) is 6.10. The van der Waals surface area contributed by atoms with E-state index in [1.54, 1.807) is 25.1 Å². The van der Waals surface area contributed by atoms with Gasteiger partial charge in [-0.15, -0.1) is 0 Å².